The van der Waals surface area contributed by atoms with Gasteiger partial charge in [0.25, 0.3) is 0 Å². The van der Waals surface area contributed by atoms with Gasteiger partial charge in [0, 0.05) is 32.0 Å². The molecule has 0 bridgehead atoms. The normalized spacial score (nSPS) is 20.7. The van der Waals surface area contributed by atoms with Gasteiger partial charge in [0.1, 0.15) is 29.0 Å². The number of amides is 5. The number of carbonyl (C=O) groups excluding carboxylic acids is 5. The van der Waals surface area contributed by atoms with E-state index in [1.807, 2.05) is 38.5 Å². The third-order valence-electron chi connectivity index (χ3n) is 9.73. The van der Waals surface area contributed by atoms with Crippen molar-refractivity contribution in [1.29, 1.82) is 0 Å². The molecule has 2 saturated heterocycles. The molecule has 286 valence electrons. The second-order valence-corrected chi connectivity index (χ2v) is 16.2. The van der Waals surface area contributed by atoms with E-state index in [9.17, 15) is 24.0 Å². The van der Waals surface area contributed by atoms with Crippen LogP contribution in [0.2, 0.25) is 0 Å². The number of likely N-dealkylation sites (tertiary alicyclic amines) is 2. The van der Waals surface area contributed by atoms with E-state index < -0.39 is 30.3 Å². The van der Waals surface area contributed by atoms with Gasteiger partial charge in [-0.1, -0.05) is 39.5 Å². The Bertz CT molecular complexity index is 1820. The van der Waals surface area contributed by atoms with E-state index in [4.69, 9.17) is 14.5 Å². The Labute approximate surface area is 315 Å². The van der Waals surface area contributed by atoms with Gasteiger partial charge < -0.3 is 44.8 Å². The SMILES string of the molecule is COC(=O)N[C@H](C(=O)N1CCC[C@H]1C(=O)Nc1cn2c(n1)SC(c1ncc(-c3cnc([C@@H]4CCCN4C(=O)[C@@H](NC(=O)OC)C(C)C)[nH]3)s1)C2)C(C)C. The molecule has 3 aromatic rings. The zero-order valence-corrected chi connectivity index (χ0v) is 32.2. The summed E-state index contributed by atoms with van der Waals surface area (Å²) in [6.07, 6.45) is 6.81. The average Bonchev–Trinajstić information content (AvgIpc) is 3.97. The van der Waals surface area contributed by atoms with Crippen molar-refractivity contribution in [3.8, 4) is 10.6 Å². The minimum atomic E-state index is -0.809. The number of rotatable bonds is 11. The minimum Gasteiger partial charge on any atom is -0.453 e. The maximum Gasteiger partial charge on any atom is 0.407 e. The largest absolute Gasteiger partial charge is 0.453 e. The van der Waals surface area contributed by atoms with Crippen molar-refractivity contribution in [3.05, 3.63) is 29.4 Å². The zero-order valence-electron chi connectivity index (χ0n) is 30.6. The van der Waals surface area contributed by atoms with E-state index in [1.165, 1.54) is 19.1 Å². The molecule has 5 amide bonds. The lowest BCUT2D eigenvalue weighted by Gasteiger charge is -2.30. The van der Waals surface area contributed by atoms with E-state index in [-0.39, 0.29) is 40.8 Å². The van der Waals surface area contributed by atoms with Gasteiger partial charge in [0.15, 0.2) is 11.0 Å². The molecule has 0 saturated carbocycles. The molecule has 6 heterocycles. The molecule has 0 spiro atoms. The predicted octanol–water partition coefficient (Wildman–Crippen LogP) is 3.93. The number of hydrogen-bond donors (Lipinski definition) is 4. The van der Waals surface area contributed by atoms with Gasteiger partial charge in [-0.15, -0.1) is 11.3 Å². The first-order valence-electron chi connectivity index (χ1n) is 17.7. The van der Waals surface area contributed by atoms with Crippen LogP contribution in [-0.4, -0.2) is 110 Å². The zero-order chi connectivity index (χ0) is 38.0. The van der Waals surface area contributed by atoms with Gasteiger partial charge in [-0.3, -0.25) is 14.4 Å². The van der Waals surface area contributed by atoms with Crippen LogP contribution >= 0.6 is 23.1 Å². The number of thioether (sulfide) groups is 1. The molecule has 2 fully saturated rings. The fourth-order valence-electron chi connectivity index (χ4n) is 6.93. The van der Waals surface area contributed by atoms with E-state index >= 15 is 0 Å². The van der Waals surface area contributed by atoms with E-state index in [0.29, 0.717) is 44.1 Å². The number of fused-ring (bicyclic) bond motifs is 1. The van der Waals surface area contributed by atoms with E-state index in [0.717, 1.165) is 33.6 Å². The molecule has 3 aromatic heterocycles. The lowest BCUT2D eigenvalue weighted by atomic mass is 10.0. The lowest BCUT2D eigenvalue weighted by molar-refractivity contribution is -0.139. The molecule has 53 heavy (non-hydrogen) atoms. The molecule has 0 aliphatic carbocycles. The van der Waals surface area contributed by atoms with Gasteiger partial charge in [-0.2, -0.15) is 0 Å². The molecule has 0 aromatic carbocycles. The standard InChI is InChI=1S/C34H46N10O7S2/c1-17(2)25(40-33(48)50-5)30(46)43-11-7-9-20(43)27-35-13-19(37-27)22-14-36-29(52-22)23-15-42-16-24(39-32(42)53-23)38-28(45)21-10-8-12-44(21)31(47)26(18(3)4)41-34(49)51-6/h13-14,16-18,20-21,23,25-26H,7-12,15H2,1-6H3,(H,35,37)(H,38,45)(H,40,48)(H,41,49)/t20-,21-,23?,25-,26-/m0/s1. The Morgan fingerprint density at radius 1 is 0.887 bits per heavy atom. The highest BCUT2D eigenvalue weighted by molar-refractivity contribution is 7.99. The number of thiazole rings is 1. The molecule has 4 N–H and O–H groups in total. The molecule has 0 radical (unpaired) electrons. The molecule has 1 unspecified atom stereocenters. The van der Waals surface area contributed by atoms with Gasteiger partial charge in [-0.25, -0.2) is 24.5 Å². The van der Waals surface area contributed by atoms with Gasteiger partial charge in [0.2, 0.25) is 17.7 Å². The Hall–Kier alpha value is -4.65. The molecule has 17 nitrogen and oxygen atoms in total. The van der Waals surface area contributed by atoms with Crippen LogP contribution in [-0.2, 0) is 30.4 Å². The predicted molar refractivity (Wildman–Crippen MR) is 196 cm³/mol. The summed E-state index contributed by atoms with van der Waals surface area (Å²) in [5.41, 5.74) is 0.808. The summed E-state index contributed by atoms with van der Waals surface area (Å²) in [6, 6.07) is -2.42. The van der Waals surface area contributed by atoms with Crippen LogP contribution < -0.4 is 16.0 Å². The van der Waals surface area contributed by atoms with Gasteiger partial charge in [-0.05, 0) is 37.5 Å². The second kappa shape index (κ2) is 16.2. The van der Waals surface area contributed by atoms with Crippen LogP contribution in [0, 0.1) is 11.8 Å². The van der Waals surface area contributed by atoms with Crippen LogP contribution in [0.3, 0.4) is 0 Å². The first kappa shape index (κ1) is 38.1. The molecule has 5 atom stereocenters. The molecule has 6 rings (SSSR count). The van der Waals surface area contributed by atoms with E-state index in [1.54, 1.807) is 40.4 Å². The number of H-pyrrole nitrogens is 1. The van der Waals surface area contributed by atoms with Crippen LogP contribution in [0.1, 0.15) is 75.5 Å². The smallest absolute Gasteiger partial charge is 0.407 e. The third kappa shape index (κ3) is 8.14. The quantitative estimate of drug-likeness (QED) is 0.220. The molecular weight excluding hydrogens is 725 g/mol. The Kier molecular flexibility index (Phi) is 11.6. The van der Waals surface area contributed by atoms with Crippen LogP contribution in [0.4, 0.5) is 15.4 Å². The highest BCUT2D eigenvalue weighted by atomic mass is 32.2. The maximum absolute atomic E-state index is 13.5. The van der Waals surface area contributed by atoms with Crippen molar-refractivity contribution in [2.24, 2.45) is 11.8 Å². The maximum atomic E-state index is 13.5. The number of nitrogens with one attached hydrogen (secondary N) is 4. The fourth-order valence-corrected chi connectivity index (χ4v) is 9.14. The number of aromatic amines is 1. The van der Waals surface area contributed by atoms with Crippen molar-refractivity contribution in [1.82, 2.24) is 44.9 Å². The summed E-state index contributed by atoms with van der Waals surface area (Å²) in [7, 11) is 2.52. The second-order valence-electron chi connectivity index (χ2n) is 14.0. The summed E-state index contributed by atoms with van der Waals surface area (Å²) < 4.78 is 11.4. The Balaban J connectivity index is 1.06. The number of alkyl carbamates (subject to hydrolysis) is 2. The Morgan fingerprint density at radius 2 is 1.53 bits per heavy atom. The first-order chi connectivity index (χ1) is 25.4. The van der Waals surface area contributed by atoms with Crippen molar-refractivity contribution < 1.29 is 33.4 Å². The molecular formula is C34H46N10O7S2. The summed E-state index contributed by atoms with van der Waals surface area (Å²) in [5.74, 6) is -0.0138. The lowest BCUT2D eigenvalue weighted by Crippen LogP contribution is -2.54. The summed E-state index contributed by atoms with van der Waals surface area (Å²) in [6.45, 7) is 9.03. The van der Waals surface area contributed by atoms with Gasteiger partial charge >= 0.3 is 12.2 Å². The van der Waals surface area contributed by atoms with Crippen molar-refractivity contribution >= 4 is 58.8 Å². The number of anilines is 1. The summed E-state index contributed by atoms with van der Waals surface area (Å²) in [5, 5.41) is 9.87. The third-order valence-corrected chi connectivity index (χ3v) is 12.2. The Morgan fingerprint density at radius 3 is 2.17 bits per heavy atom. The average molecular weight is 771 g/mol. The van der Waals surface area contributed by atoms with Crippen molar-refractivity contribution in [3.63, 3.8) is 0 Å². The first-order valence-corrected chi connectivity index (χ1v) is 19.4. The highest BCUT2D eigenvalue weighted by Crippen LogP contribution is 2.45. The van der Waals surface area contributed by atoms with Gasteiger partial charge in [0.05, 0.1) is 42.3 Å². The van der Waals surface area contributed by atoms with Crippen LogP contribution in [0.25, 0.3) is 10.6 Å². The molecule has 19 heteroatoms. The highest BCUT2D eigenvalue weighted by Gasteiger charge is 2.40. The van der Waals surface area contributed by atoms with Crippen LogP contribution in [0.5, 0.6) is 0 Å². The summed E-state index contributed by atoms with van der Waals surface area (Å²) >= 11 is 3.12. The number of hydrogen-bond acceptors (Lipinski definition) is 12. The number of imidazole rings is 2. The summed E-state index contributed by atoms with van der Waals surface area (Å²) in [4.78, 5) is 85.7. The number of carbonyl (C=O) groups is 5. The minimum absolute atomic E-state index is 0.0276. The van der Waals surface area contributed by atoms with Crippen LogP contribution in [0.15, 0.2) is 23.7 Å². The van der Waals surface area contributed by atoms with Crippen molar-refractivity contribution in [2.45, 2.75) is 94.5 Å². The molecule has 3 aliphatic rings. The monoisotopic (exact) mass is 770 g/mol. The topological polar surface area (TPSA) is 206 Å². The fraction of sp³-hybridized carbons (Fsp3) is 0.588. The number of nitrogens with zero attached hydrogens (tertiary/aromatic N) is 6. The number of ether oxygens (including phenoxy) is 2. The molecule has 3 aliphatic heterocycles. The number of methoxy groups -OCH3 is 2. The number of aromatic nitrogens is 5. The van der Waals surface area contributed by atoms with Crippen molar-refractivity contribution in [2.75, 3.05) is 32.6 Å². The van der Waals surface area contributed by atoms with E-state index in [2.05, 4.69) is 30.9 Å².